The van der Waals surface area contributed by atoms with Crippen LogP contribution in [0.25, 0.3) is 32.9 Å². The molecule has 0 bridgehead atoms. The summed E-state index contributed by atoms with van der Waals surface area (Å²) in [6, 6.07) is 24.6. The molecule has 5 aromatic rings. The zero-order valence-corrected chi connectivity index (χ0v) is 20.9. The molecule has 0 fully saturated rings. The zero-order valence-electron chi connectivity index (χ0n) is 18.5. The summed E-state index contributed by atoms with van der Waals surface area (Å²) in [5, 5.41) is 2.48. The van der Waals surface area contributed by atoms with Crippen molar-refractivity contribution in [2.75, 3.05) is 6.26 Å². The maximum atomic E-state index is 12.2. The summed E-state index contributed by atoms with van der Waals surface area (Å²) in [5.74, 6) is -0.535. The van der Waals surface area contributed by atoms with E-state index in [1.165, 1.54) is 6.26 Å². The van der Waals surface area contributed by atoms with Gasteiger partial charge in [-0.3, -0.25) is 4.79 Å². The highest BCUT2D eigenvalue weighted by molar-refractivity contribution is 7.90. The molecular formula is C27H19Cl2N2O3S. The number of hydrogen-bond acceptors (Lipinski definition) is 3. The van der Waals surface area contributed by atoms with Crippen LogP contribution < -0.4 is 5.73 Å². The summed E-state index contributed by atoms with van der Waals surface area (Å²) in [6.45, 7) is 0.372. The number of halogens is 2. The number of nitrogens with two attached hydrogens (primary N) is 1. The van der Waals surface area contributed by atoms with Gasteiger partial charge in [0, 0.05) is 44.7 Å². The molecule has 0 aliphatic heterocycles. The molecule has 1 aromatic heterocycles. The molecule has 1 amide bonds. The fourth-order valence-corrected chi connectivity index (χ4v) is 5.58. The normalized spacial score (nSPS) is 11.9. The number of fused-ring (bicyclic) bond motifs is 3. The minimum absolute atomic E-state index is 0.244. The third-order valence-corrected chi connectivity index (χ3v) is 7.63. The Hall–Kier alpha value is -3.32. The molecule has 0 saturated heterocycles. The number of nitrogens with zero attached hydrogens (tertiary/aromatic N) is 1. The van der Waals surface area contributed by atoms with E-state index in [9.17, 15) is 13.2 Å². The highest BCUT2D eigenvalue weighted by Gasteiger charge is 2.18. The number of amides is 1. The fourth-order valence-electron chi connectivity index (χ4n) is 4.37. The standard InChI is InChI=1S/C27H19Cl2N2O3S/c1-35(33,34)19-5-2-4-16(12-19)15-31-24-7-3-6-22(27(30)32)26(24)21-10-8-17(13-25(21)31)20-11-9-18(28)14-23(20)29/h2-9,11-14H,15H2,1H3,(H2,30,32). The molecular weight excluding hydrogens is 503 g/mol. The van der Waals surface area contributed by atoms with Crippen molar-refractivity contribution in [2.24, 2.45) is 5.73 Å². The quantitative estimate of drug-likeness (QED) is 0.302. The first-order valence-corrected chi connectivity index (χ1v) is 13.3. The van der Waals surface area contributed by atoms with Crippen LogP contribution in [-0.2, 0) is 16.4 Å². The van der Waals surface area contributed by atoms with Crippen molar-refractivity contribution in [3.63, 3.8) is 0 Å². The Labute approximate surface area is 212 Å². The summed E-state index contributed by atoms with van der Waals surface area (Å²) < 4.78 is 26.2. The van der Waals surface area contributed by atoms with Crippen molar-refractivity contribution < 1.29 is 13.2 Å². The third kappa shape index (κ3) is 4.29. The fraction of sp³-hybridized carbons (Fsp3) is 0.0741. The molecule has 35 heavy (non-hydrogen) atoms. The van der Waals surface area contributed by atoms with Gasteiger partial charge in [-0.15, -0.1) is 0 Å². The van der Waals surface area contributed by atoms with Gasteiger partial charge in [0.2, 0.25) is 5.91 Å². The minimum Gasteiger partial charge on any atom is -0.366 e. The van der Waals surface area contributed by atoms with Crippen LogP contribution in [0.1, 0.15) is 15.9 Å². The van der Waals surface area contributed by atoms with E-state index in [0.717, 1.165) is 33.1 Å². The van der Waals surface area contributed by atoms with Gasteiger partial charge in [0.15, 0.2) is 9.84 Å². The van der Waals surface area contributed by atoms with Gasteiger partial charge >= 0.3 is 0 Å². The summed E-state index contributed by atoms with van der Waals surface area (Å²) in [6.07, 6.45) is 1.18. The van der Waals surface area contributed by atoms with Gasteiger partial charge in [-0.25, -0.2) is 8.42 Å². The molecule has 1 heterocycles. The summed E-state index contributed by atoms with van der Waals surface area (Å²) in [5.41, 5.74) is 10.1. The molecule has 175 valence electrons. The number of sulfone groups is 1. The van der Waals surface area contributed by atoms with E-state index in [4.69, 9.17) is 28.9 Å². The van der Waals surface area contributed by atoms with Gasteiger partial charge in [-0.2, -0.15) is 0 Å². The van der Waals surface area contributed by atoms with Gasteiger partial charge in [0.05, 0.1) is 15.9 Å². The van der Waals surface area contributed by atoms with Crippen molar-refractivity contribution in [2.45, 2.75) is 11.4 Å². The predicted molar refractivity (Wildman–Crippen MR) is 141 cm³/mol. The second-order valence-corrected chi connectivity index (χ2v) is 11.2. The van der Waals surface area contributed by atoms with Crippen molar-refractivity contribution in [1.29, 1.82) is 0 Å². The SMILES string of the molecule is CS(=O)(=O)c1cccc(Cn2c3cc(-c4ccc(Cl)cc4Cl)c[c]c3c3c(C(N)=O)cccc32)c1. The highest BCUT2D eigenvalue weighted by atomic mass is 35.5. The van der Waals surface area contributed by atoms with E-state index in [1.807, 2.05) is 34.9 Å². The Morgan fingerprint density at radius 1 is 1.00 bits per heavy atom. The molecule has 0 spiro atoms. The van der Waals surface area contributed by atoms with Crippen LogP contribution in [0.15, 0.2) is 77.7 Å². The second kappa shape index (κ2) is 8.72. The predicted octanol–water partition coefficient (Wildman–Crippen LogP) is 6.12. The average molecular weight is 522 g/mol. The van der Waals surface area contributed by atoms with Crippen LogP contribution in [0.2, 0.25) is 10.0 Å². The first-order chi connectivity index (χ1) is 16.6. The largest absolute Gasteiger partial charge is 0.366 e. The number of primary amides is 1. The zero-order chi connectivity index (χ0) is 24.9. The highest BCUT2D eigenvalue weighted by Crippen LogP contribution is 2.37. The number of benzene rings is 4. The first kappa shape index (κ1) is 23.4. The molecule has 0 aliphatic carbocycles. The molecule has 8 heteroatoms. The van der Waals surface area contributed by atoms with E-state index in [2.05, 4.69) is 6.07 Å². The molecule has 1 radical (unpaired) electrons. The minimum atomic E-state index is -3.36. The monoisotopic (exact) mass is 521 g/mol. The number of carbonyl (C=O) groups excluding carboxylic acids is 1. The molecule has 2 N–H and O–H groups in total. The Morgan fingerprint density at radius 2 is 1.77 bits per heavy atom. The number of aromatic nitrogens is 1. The lowest BCUT2D eigenvalue weighted by Crippen LogP contribution is -2.11. The van der Waals surface area contributed by atoms with Crippen LogP contribution in [-0.4, -0.2) is 25.1 Å². The van der Waals surface area contributed by atoms with Gasteiger partial charge in [0.25, 0.3) is 0 Å². The smallest absolute Gasteiger partial charge is 0.249 e. The van der Waals surface area contributed by atoms with Crippen molar-refractivity contribution in [3.05, 3.63) is 100 Å². The van der Waals surface area contributed by atoms with E-state index in [0.29, 0.717) is 27.5 Å². The molecule has 0 unspecified atom stereocenters. The summed E-state index contributed by atoms with van der Waals surface area (Å²) in [4.78, 5) is 12.5. The Balaban J connectivity index is 1.79. The molecule has 0 atom stereocenters. The molecule has 0 saturated carbocycles. The van der Waals surface area contributed by atoms with Crippen LogP contribution in [0, 0.1) is 6.07 Å². The average Bonchev–Trinajstić information content (AvgIpc) is 3.11. The summed E-state index contributed by atoms with van der Waals surface area (Å²) >= 11 is 12.5. The van der Waals surface area contributed by atoms with E-state index in [-0.39, 0.29) is 4.90 Å². The van der Waals surface area contributed by atoms with E-state index in [1.54, 1.807) is 42.5 Å². The van der Waals surface area contributed by atoms with Gasteiger partial charge in [-0.05, 0) is 65.7 Å². The number of rotatable bonds is 5. The lowest BCUT2D eigenvalue weighted by atomic mass is 10.0. The lowest BCUT2D eigenvalue weighted by Gasteiger charge is -2.11. The van der Waals surface area contributed by atoms with Gasteiger partial charge < -0.3 is 10.3 Å². The topological polar surface area (TPSA) is 82.2 Å². The number of carbonyl (C=O) groups is 1. The molecule has 5 nitrogen and oxygen atoms in total. The summed E-state index contributed by atoms with van der Waals surface area (Å²) in [7, 11) is -3.36. The third-order valence-electron chi connectivity index (χ3n) is 5.97. The van der Waals surface area contributed by atoms with Crippen LogP contribution in [0.4, 0.5) is 0 Å². The Morgan fingerprint density at radius 3 is 2.49 bits per heavy atom. The maximum Gasteiger partial charge on any atom is 0.249 e. The maximum absolute atomic E-state index is 12.2. The Bertz CT molecular complexity index is 1760. The van der Waals surface area contributed by atoms with Crippen molar-refractivity contribution in [3.8, 4) is 11.1 Å². The van der Waals surface area contributed by atoms with Crippen LogP contribution >= 0.6 is 23.2 Å². The lowest BCUT2D eigenvalue weighted by molar-refractivity contribution is 0.100. The second-order valence-electron chi connectivity index (χ2n) is 8.34. The molecule has 5 rings (SSSR count). The van der Waals surface area contributed by atoms with Gasteiger partial charge in [-0.1, -0.05) is 47.5 Å². The molecule has 4 aromatic carbocycles. The first-order valence-electron chi connectivity index (χ1n) is 10.6. The van der Waals surface area contributed by atoms with Crippen molar-refractivity contribution in [1.82, 2.24) is 4.57 Å². The molecule has 0 aliphatic rings. The van der Waals surface area contributed by atoms with Gasteiger partial charge in [0.1, 0.15) is 0 Å². The number of hydrogen-bond donors (Lipinski definition) is 1. The van der Waals surface area contributed by atoms with E-state index >= 15 is 0 Å². The Kier molecular flexibility index (Phi) is 5.83. The van der Waals surface area contributed by atoms with Crippen LogP contribution in [0.3, 0.4) is 0 Å². The van der Waals surface area contributed by atoms with E-state index < -0.39 is 15.7 Å². The van der Waals surface area contributed by atoms with Crippen molar-refractivity contribution >= 4 is 60.8 Å². The van der Waals surface area contributed by atoms with Crippen LogP contribution in [0.5, 0.6) is 0 Å².